The molecule has 1 aromatic rings. The lowest BCUT2D eigenvalue weighted by molar-refractivity contribution is -0.148. The zero-order valence-electron chi connectivity index (χ0n) is 13.3. The third-order valence-corrected chi connectivity index (χ3v) is 4.00. The second-order valence-electron chi connectivity index (χ2n) is 6.41. The second-order valence-corrected chi connectivity index (χ2v) is 6.41. The normalized spacial score (nSPS) is 17.6. The molecule has 1 aromatic carbocycles. The minimum atomic E-state index is -0.982. The van der Waals surface area contributed by atoms with E-state index in [4.69, 9.17) is 4.74 Å². The molecule has 1 unspecified atom stereocenters. The number of carboxylic acid groups (broad SMARTS) is 1. The SMILES string of the molecule is Cc1ccc(C)c(OCC(NC(C)C)(C(=O)O)C2CC2)c1. The van der Waals surface area contributed by atoms with Crippen LogP contribution < -0.4 is 10.1 Å². The van der Waals surface area contributed by atoms with Gasteiger partial charge < -0.3 is 9.84 Å². The number of ether oxygens (including phenoxy) is 1. The van der Waals surface area contributed by atoms with Crippen molar-refractivity contribution in [2.24, 2.45) is 5.92 Å². The average molecular weight is 291 g/mol. The third kappa shape index (κ3) is 3.56. The van der Waals surface area contributed by atoms with E-state index in [1.54, 1.807) is 0 Å². The maximum atomic E-state index is 11.9. The van der Waals surface area contributed by atoms with Crippen molar-refractivity contribution in [3.05, 3.63) is 29.3 Å². The van der Waals surface area contributed by atoms with Gasteiger partial charge in [-0.1, -0.05) is 12.1 Å². The van der Waals surface area contributed by atoms with Crippen LogP contribution in [-0.4, -0.2) is 29.3 Å². The van der Waals surface area contributed by atoms with Crippen LogP contribution in [0, 0.1) is 19.8 Å². The highest BCUT2D eigenvalue weighted by Gasteiger charge is 2.52. The van der Waals surface area contributed by atoms with Gasteiger partial charge in [-0.2, -0.15) is 0 Å². The van der Waals surface area contributed by atoms with E-state index in [9.17, 15) is 9.90 Å². The lowest BCUT2D eigenvalue weighted by atomic mass is 9.93. The molecule has 0 amide bonds. The van der Waals surface area contributed by atoms with Crippen molar-refractivity contribution < 1.29 is 14.6 Å². The summed E-state index contributed by atoms with van der Waals surface area (Å²) in [6.45, 7) is 8.08. The number of hydrogen-bond donors (Lipinski definition) is 2. The van der Waals surface area contributed by atoms with Crippen molar-refractivity contribution >= 4 is 5.97 Å². The van der Waals surface area contributed by atoms with Crippen LogP contribution in [0.25, 0.3) is 0 Å². The molecule has 1 aliphatic rings. The minimum Gasteiger partial charge on any atom is -0.491 e. The largest absolute Gasteiger partial charge is 0.491 e. The highest BCUT2D eigenvalue weighted by Crippen LogP contribution is 2.41. The summed E-state index contributed by atoms with van der Waals surface area (Å²) in [6.07, 6.45) is 1.89. The van der Waals surface area contributed by atoms with Crippen LogP contribution >= 0.6 is 0 Å². The van der Waals surface area contributed by atoms with Gasteiger partial charge in [-0.25, -0.2) is 0 Å². The molecule has 1 saturated carbocycles. The Balaban J connectivity index is 2.19. The summed E-state index contributed by atoms with van der Waals surface area (Å²) in [5.41, 5.74) is 1.16. The van der Waals surface area contributed by atoms with Crippen molar-refractivity contribution in [2.75, 3.05) is 6.61 Å². The summed E-state index contributed by atoms with van der Waals surface area (Å²) in [5, 5.41) is 13.0. The Kier molecular flexibility index (Phi) is 4.57. The van der Waals surface area contributed by atoms with Crippen molar-refractivity contribution in [1.82, 2.24) is 5.32 Å². The van der Waals surface area contributed by atoms with Gasteiger partial charge in [0.15, 0.2) is 5.54 Å². The van der Waals surface area contributed by atoms with Gasteiger partial charge in [0.05, 0.1) is 0 Å². The van der Waals surface area contributed by atoms with E-state index >= 15 is 0 Å². The summed E-state index contributed by atoms with van der Waals surface area (Å²) in [4.78, 5) is 11.9. The molecular weight excluding hydrogens is 266 g/mol. The van der Waals surface area contributed by atoms with Gasteiger partial charge in [-0.05, 0) is 63.6 Å². The van der Waals surface area contributed by atoms with Crippen molar-refractivity contribution in [2.45, 2.75) is 52.1 Å². The molecule has 21 heavy (non-hydrogen) atoms. The molecule has 0 bridgehead atoms. The molecule has 116 valence electrons. The molecule has 2 N–H and O–H groups in total. The van der Waals surface area contributed by atoms with E-state index in [1.165, 1.54) is 0 Å². The van der Waals surface area contributed by atoms with E-state index in [2.05, 4.69) is 5.32 Å². The minimum absolute atomic E-state index is 0.101. The Labute approximate surface area is 126 Å². The highest BCUT2D eigenvalue weighted by molar-refractivity contribution is 5.80. The van der Waals surface area contributed by atoms with E-state index in [0.29, 0.717) is 0 Å². The monoisotopic (exact) mass is 291 g/mol. The zero-order chi connectivity index (χ0) is 15.6. The number of aryl methyl sites for hydroxylation is 2. The first-order chi connectivity index (χ1) is 9.85. The van der Waals surface area contributed by atoms with Crippen LogP contribution in [0.15, 0.2) is 18.2 Å². The molecule has 0 heterocycles. The average Bonchev–Trinajstić information content (AvgIpc) is 3.22. The van der Waals surface area contributed by atoms with E-state index in [-0.39, 0.29) is 18.6 Å². The van der Waals surface area contributed by atoms with Crippen LogP contribution in [0.4, 0.5) is 0 Å². The fourth-order valence-electron chi connectivity index (χ4n) is 2.72. The van der Waals surface area contributed by atoms with Crippen molar-refractivity contribution in [1.29, 1.82) is 0 Å². The molecule has 4 nitrogen and oxygen atoms in total. The molecule has 0 aromatic heterocycles. The van der Waals surface area contributed by atoms with Crippen LogP contribution in [0.2, 0.25) is 0 Å². The smallest absolute Gasteiger partial charge is 0.327 e. The molecule has 0 aliphatic heterocycles. The summed E-state index contributed by atoms with van der Waals surface area (Å²) in [7, 11) is 0. The van der Waals surface area contributed by atoms with Crippen molar-refractivity contribution in [3.8, 4) is 5.75 Å². The standard InChI is InChI=1S/C17H25NO3/c1-11(2)18-17(16(19)20,14-7-8-14)10-21-15-9-12(3)5-6-13(15)4/h5-6,9,11,14,18H,7-8,10H2,1-4H3,(H,19,20). The Bertz CT molecular complexity index is 523. The molecule has 1 fully saturated rings. The lowest BCUT2D eigenvalue weighted by Gasteiger charge is -2.33. The topological polar surface area (TPSA) is 58.6 Å². The van der Waals surface area contributed by atoms with E-state index in [1.807, 2.05) is 45.9 Å². The summed E-state index contributed by atoms with van der Waals surface area (Å²) in [6, 6.07) is 6.09. The maximum absolute atomic E-state index is 11.9. The summed E-state index contributed by atoms with van der Waals surface area (Å²) < 4.78 is 5.90. The molecular formula is C17H25NO3. The van der Waals surface area contributed by atoms with Crippen LogP contribution in [0.1, 0.15) is 37.8 Å². The molecule has 0 spiro atoms. The summed E-state index contributed by atoms with van der Waals surface area (Å²) in [5.74, 6) is 0.110. The molecule has 2 rings (SSSR count). The quantitative estimate of drug-likeness (QED) is 0.811. The first-order valence-corrected chi connectivity index (χ1v) is 7.56. The Morgan fingerprint density at radius 1 is 1.43 bits per heavy atom. The number of nitrogens with one attached hydrogen (secondary N) is 1. The van der Waals surface area contributed by atoms with Crippen LogP contribution in [0.5, 0.6) is 5.75 Å². The number of benzene rings is 1. The molecule has 1 aliphatic carbocycles. The summed E-state index contributed by atoms with van der Waals surface area (Å²) >= 11 is 0. The van der Waals surface area contributed by atoms with Gasteiger partial charge in [-0.15, -0.1) is 0 Å². The van der Waals surface area contributed by atoms with Gasteiger partial charge in [0.25, 0.3) is 0 Å². The second kappa shape index (κ2) is 6.06. The fraction of sp³-hybridized carbons (Fsp3) is 0.588. The number of carboxylic acids is 1. The first kappa shape index (κ1) is 15.8. The number of hydrogen-bond acceptors (Lipinski definition) is 3. The lowest BCUT2D eigenvalue weighted by Crippen LogP contribution is -2.60. The fourth-order valence-corrected chi connectivity index (χ4v) is 2.72. The zero-order valence-corrected chi connectivity index (χ0v) is 13.3. The molecule has 1 atom stereocenters. The first-order valence-electron chi connectivity index (χ1n) is 7.56. The predicted molar refractivity (Wildman–Crippen MR) is 82.8 cm³/mol. The highest BCUT2D eigenvalue weighted by atomic mass is 16.5. The number of carbonyl (C=O) groups is 1. The van der Waals surface area contributed by atoms with Crippen LogP contribution in [0.3, 0.4) is 0 Å². The van der Waals surface area contributed by atoms with Gasteiger partial charge in [0.1, 0.15) is 12.4 Å². The number of rotatable bonds is 7. The van der Waals surface area contributed by atoms with Gasteiger partial charge >= 0.3 is 5.97 Å². The molecule has 4 heteroatoms. The Morgan fingerprint density at radius 3 is 2.62 bits per heavy atom. The van der Waals surface area contributed by atoms with Gasteiger partial charge in [0, 0.05) is 6.04 Å². The van der Waals surface area contributed by atoms with Crippen molar-refractivity contribution in [3.63, 3.8) is 0 Å². The maximum Gasteiger partial charge on any atom is 0.327 e. The van der Waals surface area contributed by atoms with E-state index in [0.717, 1.165) is 29.7 Å². The predicted octanol–water partition coefficient (Wildman–Crippen LogP) is 2.91. The molecule has 0 saturated heterocycles. The van der Waals surface area contributed by atoms with E-state index < -0.39 is 11.5 Å². The third-order valence-electron chi connectivity index (χ3n) is 4.00. The number of aliphatic carboxylic acids is 1. The molecule has 0 radical (unpaired) electrons. The Morgan fingerprint density at radius 2 is 2.10 bits per heavy atom. The van der Waals surface area contributed by atoms with Crippen LogP contribution in [-0.2, 0) is 4.79 Å². The Hall–Kier alpha value is -1.55. The van der Waals surface area contributed by atoms with Gasteiger partial charge in [0.2, 0.25) is 0 Å². The van der Waals surface area contributed by atoms with Gasteiger partial charge in [-0.3, -0.25) is 10.1 Å².